The lowest BCUT2D eigenvalue weighted by molar-refractivity contribution is -0.385. The number of pyridine rings is 2. The van der Waals surface area contributed by atoms with Gasteiger partial charge in [0.25, 0.3) is 11.6 Å². The quantitative estimate of drug-likeness (QED) is 0.660. The van der Waals surface area contributed by atoms with Gasteiger partial charge in [0.15, 0.2) is 0 Å². The lowest BCUT2D eigenvalue weighted by Gasteiger charge is -2.36. The molecule has 1 aliphatic heterocycles. The van der Waals surface area contributed by atoms with E-state index in [0.717, 1.165) is 5.56 Å². The Morgan fingerprint density at radius 1 is 1.44 bits per heavy atom. The van der Waals surface area contributed by atoms with Crippen molar-refractivity contribution in [1.82, 2.24) is 20.2 Å². The highest BCUT2D eigenvalue weighted by Crippen LogP contribution is 2.25. The molecule has 1 N–H and O–H groups in total. The van der Waals surface area contributed by atoms with Gasteiger partial charge in [-0.05, 0) is 18.6 Å². The molecule has 0 saturated carbocycles. The van der Waals surface area contributed by atoms with Crippen LogP contribution in [0, 0.1) is 17.0 Å². The topological polar surface area (TPSA) is 101 Å². The van der Waals surface area contributed by atoms with E-state index in [1.807, 2.05) is 12.1 Å². The first kappa shape index (κ1) is 18.8. The van der Waals surface area contributed by atoms with Gasteiger partial charge in [-0.1, -0.05) is 6.07 Å². The molecule has 1 saturated heterocycles. The molecule has 1 atom stereocenters. The molecule has 1 amide bonds. The van der Waals surface area contributed by atoms with Crippen molar-refractivity contribution in [2.24, 2.45) is 0 Å². The normalized spacial score (nSPS) is 16.8. The first-order valence-electron chi connectivity index (χ1n) is 7.60. The van der Waals surface area contributed by atoms with Crippen molar-refractivity contribution in [1.29, 1.82) is 0 Å². The van der Waals surface area contributed by atoms with Crippen LogP contribution in [0.5, 0.6) is 0 Å². The number of aryl methyl sites for hydroxylation is 1. The Morgan fingerprint density at radius 3 is 2.92 bits per heavy atom. The lowest BCUT2D eigenvalue weighted by Crippen LogP contribution is -2.48. The van der Waals surface area contributed by atoms with E-state index in [1.54, 1.807) is 24.2 Å². The fourth-order valence-electron chi connectivity index (χ4n) is 2.81. The van der Waals surface area contributed by atoms with Gasteiger partial charge >= 0.3 is 0 Å². The molecule has 132 valence electrons. The number of amides is 1. The second-order valence-electron chi connectivity index (χ2n) is 5.59. The molecule has 0 bridgehead atoms. The van der Waals surface area contributed by atoms with E-state index in [0.29, 0.717) is 25.3 Å². The van der Waals surface area contributed by atoms with Gasteiger partial charge in [-0.15, -0.1) is 12.4 Å². The SMILES string of the molecule is Cc1ncc([N+](=O)[O-])cc1C(=O)N1CCNCC1c1cccnc1.Cl. The second kappa shape index (κ2) is 8.00. The minimum Gasteiger partial charge on any atom is -0.329 e. The molecular weight excluding hydrogens is 346 g/mol. The van der Waals surface area contributed by atoms with Crippen LogP contribution < -0.4 is 5.32 Å². The molecule has 1 fully saturated rings. The van der Waals surface area contributed by atoms with Gasteiger partial charge in [0, 0.05) is 38.1 Å². The molecule has 0 aromatic carbocycles. The summed E-state index contributed by atoms with van der Waals surface area (Å²) < 4.78 is 0. The maximum Gasteiger partial charge on any atom is 0.288 e. The average molecular weight is 364 g/mol. The highest BCUT2D eigenvalue weighted by molar-refractivity contribution is 5.96. The van der Waals surface area contributed by atoms with Crippen molar-refractivity contribution < 1.29 is 9.72 Å². The van der Waals surface area contributed by atoms with Crippen molar-refractivity contribution in [3.63, 3.8) is 0 Å². The third-order valence-corrected chi connectivity index (χ3v) is 4.09. The van der Waals surface area contributed by atoms with Crippen LogP contribution in [0.15, 0.2) is 36.8 Å². The van der Waals surface area contributed by atoms with Crippen LogP contribution in [0.4, 0.5) is 5.69 Å². The molecule has 3 heterocycles. The zero-order chi connectivity index (χ0) is 17.1. The number of rotatable bonds is 3. The molecule has 2 aromatic rings. The fourth-order valence-corrected chi connectivity index (χ4v) is 2.81. The van der Waals surface area contributed by atoms with Crippen LogP contribution in [-0.4, -0.2) is 45.3 Å². The van der Waals surface area contributed by atoms with Crippen LogP contribution in [0.2, 0.25) is 0 Å². The number of hydrogen-bond acceptors (Lipinski definition) is 6. The Morgan fingerprint density at radius 2 is 2.24 bits per heavy atom. The van der Waals surface area contributed by atoms with E-state index in [2.05, 4.69) is 15.3 Å². The summed E-state index contributed by atoms with van der Waals surface area (Å²) in [5.74, 6) is -0.251. The van der Waals surface area contributed by atoms with Gasteiger partial charge < -0.3 is 10.2 Å². The van der Waals surface area contributed by atoms with E-state index in [1.165, 1.54) is 12.3 Å². The van der Waals surface area contributed by atoms with Gasteiger partial charge in [0.05, 0.1) is 22.2 Å². The number of nitro groups is 1. The highest BCUT2D eigenvalue weighted by atomic mass is 35.5. The summed E-state index contributed by atoms with van der Waals surface area (Å²) in [6, 6.07) is 4.88. The van der Waals surface area contributed by atoms with Crippen LogP contribution in [0.3, 0.4) is 0 Å². The van der Waals surface area contributed by atoms with Crippen LogP contribution in [0.1, 0.15) is 27.7 Å². The standard InChI is InChI=1S/C16H17N5O3.ClH/c1-11-14(7-13(9-19-11)21(23)24)16(22)20-6-5-18-10-15(20)12-3-2-4-17-8-12;/h2-4,7-9,15,18H,5-6,10H2,1H3;1H. The number of aromatic nitrogens is 2. The molecule has 0 radical (unpaired) electrons. The number of hydrogen-bond donors (Lipinski definition) is 1. The summed E-state index contributed by atoms with van der Waals surface area (Å²) in [5.41, 5.74) is 1.49. The van der Waals surface area contributed by atoms with Crippen molar-refractivity contribution in [3.8, 4) is 0 Å². The maximum atomic E-state index is 13.0. The summed E-state index contributed by atoms with van der Waals surface area (Å²) in [6.07, 6.45) is 4.58. The number of halogens is 1. The van der Waals surface area contributed by atoms with Crippen LogP contribution >= 0.6 is 12.4 Å². The largest absolute Gasteiger partial charge is 0.329 e. The lowest BCUT2D eigenvalue weighted by atomic mass is 10.0. The third kappa shape index (κ3) is 3.92. The molecule has 1 unspecified atom stereocenters. The number of carbonyl (C=O) groups excluding carboxylic acids is 1. The number of nitrogens with zero attached hydrogens (tertiary/aromatic N) is 4. The predicted molar refractivity (Wildman–Crippen MR) is 93.8 cm³/mol. The Hall–Kier alpha value is -2.58. The van der Waals surface area contributed by atoms with Gasteiger partial charge in [-0.2, -0.15) is 0 Å². The van der Waals surface area contributed by atoms with Crippen molar-refractivity contribution in [2.45, 2.75) is 13.0 Å². The van der Waals surface area contributed by atoms with Crippen LogP contribution in [-0.2, 0) is 0 Å². The number of nitrogens with one attached hydrogen (secondary N) is 1. The number of carbonyl (C=O) groups is 1. The minimum atomic E-state index is -0.542. The summed E-state index contributed by atoms with van der Waals surface area (Å²) in [4.78, 5) is 33.3. The molecule has 25 heavy (non-hydrogen) atoms. The fraction of sp³-hybridized carbons (Fsp3) is 0.312. The minimum absolute atomic E-state index is 0. The van der Waals surface area contributed by atoms with Gasteiger partial charge in [0.2, 0.25) is 0 Å². The molecule has 2 aromatic heterocycles. The first-order valence-corrected chi connectivity index (χ1v) is 7.60. The predicted octanol–water partition coefficient (Wildman–Crippen LogP) is 1.90. The van der Waals surface area contributed by atoms with Crippen molar-refractivity contribution in [2.75, 3.05) is 19.6 Å². The van der Waals surface area contributed by atoms with E-state index in [4.69, 9.17) is 0 Å². The van der Waals surface area contributed by atoms with Crippen molar-refractivity contribution in [3.05, 3.63) is 63.7 Å². The molecule has 1 aliphatic rings. The van der Waals surface area contributed by atoms with Gasteiger partial charge in [-0.25, -0.2) is 0 Å². The summed E-state index contributed by atoms with van der Waals surface area (Å²) in [6.45, 7) is 3.47. The monoisotopic (exact) mass is 363 g/mol. The van der Waals surface area contributed by atoms with Gasteiger partial charge in [0.1, 0.15) is 6.20 Å². The third-order valence-electron chi connectivity index (χ3n) is 4.09. The smallest absolute Gasteiger partial charge is 0.288 e. The summed E-state index contributed by atoms with van der Waals surface area (Å²) in [7, 11) is 0. The van der Waals surface area contributed by atoms with Crippen molar-refractivity contribution >= 4 is 24.0 Å². The average Bonchev–Trinajstić information content (AvgIpc) is 2.62. The molecular formula is C16H18ClN5O3. The Kier molecular flexibility index (Phi) is 6.00. The zero-order valence-corrected chi connectivity index (χ0v) is 14.4. The molecule has 3 rings (SSSR count). The summed E-state index contributed by atoms with van der Waals surface area (Å²) in [5, 5.41) is 14.2. The van der Waals surface area contributed by atoms with Crippen LogP contribution in [0.25, 0.3) is 0 Å². The van der Waals surface area contributed by atoms with E-state index in [-0.39, 0.29) is 35.6 Å². The Balaban J connectivity index is 0.00000225. The second-order valence-corrected chi connectivity index (χ2v) is 5.59. The first-order chi connectivity index (χ1) is 11.6. The van der Waals surface area contributed by atoms with E-state index >= 15 is 0 Å². The Labute approximate surface area is 150 Å². The van der Waals surface area contributed by atoms with E-state index in [9.17, 15) is 14.9 Å². The Bertz CT molecular complexity index is 772. The molecule has 0 spiro atoms. The summed E-state index contributed by atoms with van der Waals surface area (Å²) >= 11 is 0. The molecule has 8 nitrogen and oxygen atoms in total. The zero-order valence-electron chi connectivity index (χ0n) is 13.6. The molecule has 0 aliphatic carbocycles. The van der Waals surface area contributed by atoms with Gasteiger partial charge in [-0.3, -0.25) is 24.9 Å². The molecule has 9 heteroatoms. The maximum absolute atomic E-state index is 13.0. The highest BCUT2D eigenvalue weighted by Gasteiger charge is 2.30. The van der Waals surface area contributed by atoms with E-state index < -0.39 is 4.92 Å². The number of piperazine rings is 1.